The minimum atomic E-state index is -0.236. The number of rotatable bonds is 3. The van der Waals surface area contributed by atoms with Crippen molar-refractivity contribution in [1.29, 1.82) is 0 Å². The molecule has 2 aromatic rings. The van der Waals surface area contributed by atoms with Crippen LogP contribution in [-0.4, -0.2) is 16.0 Å². The summed E-state index contributed by atoms with van der Waals surface area (Å²) < 4.78 is 5.77. The van der Waals surface area contributed by atoms with Gasteiger partial charge in [-0.05, 0) is 48.8 Å². The molecule has 6 heteroatoms. The lowest BCUT2D eigenvalue weighted by molar-refractivity contribution is 0.0934. The molecular formula is C13H14BrN3O2. The lowest BCUT2D eigenvalue weighted by Crippen LogP contribution is -2.28. The van der Waals surface area contributed by atoms with E-state index in [4.69, 9.17) is 4.52 Å². The summed E-state index contributed by atoms with van der Waals surface area (Å²) in [5.41, 5.74) is 2.05. The van der Waals surface area contributed by atoms with Gasteiger partial charge >= 0.3 is 0 Å². The lowest BCUT2D eigenvalue weighted by atomic mass is 10.1. The Balaban J connectivity index is 2.18. The highest BCUT2D eigenvalue weighted by atomic mass is 79.9. The molecule has 0 radical (unpaired) electrons. The third-order valence-electron chi connectivity index (χ3n) is 2.84. The minimum Gasteiger partial charge on any atom is -0.361 e. The Bertz CT molecular complexity index is 590. The molecular weight excluding hydrogens is 310 g/mol. The van der Waals surface area contributed by atoms with Gasteiger partial charge in [-0.2, -0.15) is 0 Å². The first-order valence-corrected chi connectivity index (χ1v) is 6.64. The third kappa shape index (κ3) is 2.84. The van der Waals surface area contributed by atoms with E-state index in [9.17, 15) is 4.79 Å². The van der Waals surface area contributed by atoms with E-state index in [-0.39, 0.29) is 11.9 Å². The third-order valence-corrected chi connectivity index (χ3v) is 3.48. The molecule has 0 bridgehead atoms. The Morgan fingerprint density at radius 2 is 2.21 bits per heavy atom. The molecule has 2 aromatic heterocycles. The van der Waals surface area contributed by atoms with Crippen LogP contribution in [0.2, 0.25) is 0 Å². The lowest BCUT2D eigenvalue weighted by Gasteiger charge is -2.13. The Morgan fingerprint density at radius 1 is 1.47 bits per heavy atom. The van der Waals surface area contributed by atoms with Crippen LogP contribution in [0.15, 0.2) is 27.3 Å². The van der Waals surface area contributed by atoms with Gasteiger partial charge in [0.1, 0.15) is 11.5 Å². The molecule has 2 heterocycles. The number of aryl methyl sites for hydroxylation is 2. The van der Waals surface area contributed by atoms with E-state index in [1.807, 2.05) is 20.8 Å². The van der Waals surface area contributed by atoms with Crippen molar-refractivity contribution in [1.82, 2.24) is 15.5 Å². The van der Waals surface area contributed by atoms with Crippen LogP contribution in [0.1, 0.15) is 40.5 Å². The van der Waals surface area contributed by atoms with Gasteiger partial charge in [0.05, 0.1) is 11.7 Å². The monoisotopic (exact) mass is 323 g/mol. The van der Waals surface area contributed by atoms with E-state index < -0.39 is 0 Å². The molecule has 1 atom stereocenters. The van der Waals surface area contributed by atoms with E-state index in [0.29, 0.717) is 15.9 Å². The van der Waals surface area contributed by atoms with Gasteiger partial charge in [-0.3, -0.25) is 4.79 Å². The number of nitrogens with zero attached hydrogens (tertiary/aromatic N) is 2. The fourth-order valence-corrected chi connectivity index (χ4v) is 2.43. The number of carbonyl (C=O) groups excluding carboxylic acids is 1. The number of amides is 1. The summed E-state index contributed by atoms with van der Waals surface area (Å²) in [6.07, 6.45) is 1.58. The topological polar surface area (TPSA) is 68.0 Å². The maximum atomic E-state index is 12.1. The molecule has 0 aliphatic carbocycles. The molecule has 5 nitrogen and oxygen atoms in total. The van der Waals surface area contributed by atoms with Gasteiger partial charge < -0.3 is 9.84 Å². The van der Waals surface area contributed by atoms with Crippen LogP contribution in [0.3, 0.4) is 0 Å². The second-order valence-corrected chi connectivity index (χ2v) is 5.12. The van der Waals surface area contributed by atoms with Crippen LogP contribution in [0, 0.1) is 13.8 Å². The molecule has 0 aliphatic rings. The summed E-state index contributed by atoms with van der Waals surface area (Å²) >= 11 is 3.31. The predicted molar refractivity (Wildman–Crippen MR) is 73.8 cm³/mol. The molecule has 1 amide bonds. The normalized spacial score (nSPS) is 12.2. The number of halogens is 1. The van der Waals surface area contributed by atoms with E-state index in [0.717, 1.165) is 11.3 Å². The van der Waals surface area contributed by atoms with Crippen molar-refractivity contribution in [2.75, 3.05) is 0 Å². The van der Waals surface area contributed by atoms with Crippen molar-refractivity contribution in [3.05, 3.63) is 45.5 Å². The smallest absolute Gasteiger partial charge is 0.271 e. The van der Waals surface area contributed by atoms with E-state index in [1.165, 1.54) is 0 Å². The summed E-state index contributed by atoms with van der Waals surface area (Å²) in [4.78, 5) is 16.2. The second kappa shape index (κ2) is 5.52. The van der Waals surface area contributed by atoms with Crippen molar-refractivity contribution in [3.63, 3.8) is 0 Å². The highest BCUT2D eigenvalue weighted by Crippen LogP contribution is 2.22. The highest BCUT2D eigenvalue weighted by molar-refractivity contribution is 9.10. The molecule has 0 saturated heterocycles. The molecule has 0 spiro atoms. The molecule has 2 rings (SSSR count). The molecule has 0 aliphatic heterocycles. The first-order valence-electron chi connectivity index (χ1n) is 5.85. The van der Waals surface area contributed by atoms with Gasteiger partial charge in [0, 0.05) is 16.2 Å². The van der Waals surface area contributed by atoms with Crippen molar-refractivity contribution in [2.24, 2.45) is 0 Å². The highest BCUT2D eigenvalue weighted by Gasteiger charge is 2.20. The van der Waals surface area contributed by atoms with Crippen molar-refractivity contribution in [3.8, 4) is 0 Å². The summed E-state index contributed by atoms with van der Waals surface area (Å²) in [5.74, 6) is 0.477. The predicted octanol–water partition coefficient (Wildman–Crippen LogP) is 2.94. The van der Waals surface area contributed by atoms with Gasteiger partial charge in [0.15, 0.2) is 0 Å². The van der Waals surface area contributed by atoms with Gasteiger partial charge in [-0.15, -0.1) is 0 Å². The van der Waals surface area contributed by atoms with Gasteiger partial charge in [0.2, 0.25) is 0 Å². The number of aromatic nitrogens is 2. The zero-order valence-corrected chi connectivity index (χ0v) is 12.5. The van der Waals surface area contributed by atoms with E-state index in [1.54, 1.807) is 18.3 Å². The Kier molecular flexibility index (Phi) is 3.99. The number of carbonyl (C=O) groups is 1. The number of hydrogen-bond donors (Lipinski definition) is 1. The molecule has 0 aromatic carbocycles. The zero-order chi connectivity index (χ0) is 14.0. The SMILES string of the molecule is Cc1noc(C)c1C(C)NC(=O)c1ncccc1Br. The fraction of sp³-hybridized carbons (Fsp3) is 0.308. The fourth-order valence-electron chi connectivity index (χ4n) is 2.00. The Labute approximate surface area is 119 Å². The summed E-state index contributed by atoms with van der Waals surface area (Å²) in [6, 6.07) is 3.36. The molecule has 0 saturated carbocycles. The molecule has 100 valence electrons. The molecule has 1 N–H and O–H groups in total. The molecule has 0 fully saturated rings. The average Bonchev–Trinajstić information content (AvgIpc) is 2.69. The summed E-state index contributed by atoms with van der Waals surface area (Å²) in [6.45, 7) is 5.57. The van der Waals surface area contributed by atoms with Gasteiger partial charge in [-0.1, -0.05) is 5.16 Å². The number of nitrogens with one attached hydrogen (secondary N) is 1. The Hall–Kier alpha value is -1.69. The van der Waals surface area contributed by atoms with Crippen LogP contribution < -0.4 is 5.32 Å². The summed E-state index contributed by atoms with van der Waals surface area (Å²) in [5, 5.41) is 6.77. The Morgan fingerprint density at radius 3 is 2.79 bits per heavy atom. The van der Waals surface area contributed by atoms with Crippen LogP contribution in [0.25, 0.3) is 0 Å². The first kappa shape index (κ1) is 13.7. The van der Waals surface area contributed by atoms with Crippen molar-refractivity contribution in [2.45, 2.75) is 26.8 Å². The van der Waals surface area contributed by atoms with Crippen LogP contribution in [0.4, 0.5) is 0 Å². The molecule has 19 heavy (non-hydrogen) atoms. The second-order valence-electron chi connectivity index (χ2n) is 4.27. The first-order chi connectivity index (χ1) is 9.00. The summed E-state index contributed by atoms with van der Waals surface area (Å²) in [7, 11) is 0. The van der Waals surface area contributed by atoms with Gasteiger partial charge in [0.25, 0.3) is 5.91 Å². The maximum Gasteiger partial charge on any atom is 0.271 e. The van der Waals surface area contributed by atoms with Crippen molar-refractivity contribution >= 4 is 21.8 Å². The standard InChI is InChI=1S/C13H14BrN3O2/c1-7(11-8(2)17-19-9(11)3)16-13(18)12-10(14)5-4-6-15-12/h4-7H,1-3H3,(H,16,18). The average molecular weight is 324 g/mol. The minimum absolute atomic E-state index is 0.187. The van der Waals surface area contributed by atoms with Crippen molar-refractivity contribution < 1.29 is 9.32 Å². The van der Waals surface area contributed by atoms with E-state index >= 15 is 0 Å². The van der Waals surface area contributed by atoms with Crippen LogP contribution in [-0.2, 0) is 0 Å². The molecule has 1 unspecified atom stereocenters. The van der Waals surface area contributed by atoms with Crippen LogP contribution >= 0.6 is 15.9 Å². The van der Waals surface area contributed by atoms with E-state index in [2.05, 4.69) is 31.4 Å². The quantitative estimate of drug-likeness (QED) is 0.942. The van der Waals surface area contributed by atoms with Crippen LogP contribution in [0.5, 0.6) is 0 Å². The zero-order valence-electron chi connectivity index (χ0n) is 10.9. The van der Waals surface area contributed by atoms with Gasteiger partial charge in [-0.25, -0.2) is 4.98 Å². The maximum absolute atomic E-state index is 12.1. The number of hydrogen-bond acceptors (Lipinski definition) is 4. The number of pyridine rings is 1. The largest absolute Gasteiger partial charge is 0.361 e.